The molecule has 2 saturated carbocycles. The van der Waals surface area contributed by atoms with Crippen molar-refractivity contribution in [3.8, 4) is 0 Å². The van der Waals surface area contributed by atoms with Crippen LogP contribution in [0, 0.1) is 10.8 Å². The summed E-state index contributed by atoms with van der Waals surface area (Å²) in [6.45, 7) is 2.71. The fraction of sp³-hybridized carbons (Fsp3) is 0.722. The molecule has 2 N–H and O–H groups in total. The fourth-order valence-corrected chi connectivity index (χ4v) is 4.79. The molecule has 1 amide bonds. The number of carboxylic acids is 1. The molecule has 2 bridgehead atoms. The highest BCUT2D eigenvalue weighted by molar-refractivity contribution is 5.87. The number of aliphatic carboxylic acids is 1. The predicted molar refractivity (Wildman–Crippen MR) is 89.0 cm³/mol. The number of hydrogen-bond acceptors (Lipinski definition) is 4. The second-order valence-corrected chi connectivity index (χ2v) is 7.90. The van der Waals surface area contributed by atoms with Gasteiger partial charge >= 0.3 is 5.97 Å². The smallest absolute Gasteiger partial charge is 0.309 e. The summed E-state index contributed by atoms with van der Waals surface area (Å²) in [4.78, 5) is 24.1. The van der Waals surface area contributed by atoms with Crippen molar-refractivity contribution in [3.63, 3.8) is 0 Å². The monoisotopic (exact) mass is 347 g/mol. The second kappa shape index (κ2) is 6.12. The van der Waals surface area contributed by atoms with Gasteiger partial charge in [0.2, 0.25) is 5.91 Å². The van der Waals surface area contributed by atoms with Crippen LogP contribution in [0.3, 0.4) is 0 Å². The normalized spacial score (nSPS) is 33.7. The van der Waals surface area contributed by atoms with Crippen LogP contribution in [-0.2, 0) is 20.9 Å². The van der Waals surface area contributed by atoms with E-state index in [-0.39, 0.29) is 5.91 Å². The van der Waals surface area contributed by atoms with Crippen molar-refractivity contribution in [2.24, 2.45) is 10.8 Å². The van der Waals surface area contributed by atoms with Crippen LogP contribution in [0.25, 0.3) is 0 Å². The first-order valence-corrected chi connectivity index (χ1v) is 9.15. The van der Waals surface area contributed by atoms with Gasteiger partial charge in [0.05, 0.1) is 30.2 Å². The number of carbonyl (C=O) groups is 2. The number of carbonyl (C=O) groups excluding carboxylic acids is 1. The number of nitrogens with one attached hydrogen (secondary N) is 1. The molecule has 1 aromatic rings. The van der Waals surface area contributed by atoms with Crippen LogP contribution in [0.4, 0.5) is 0 Å². The summed E-state index contributed by atoms with van der Waals surface area (Å²) in [7, 11) is 0. The number of carboxylic acid groups (broad SMARTS) is 1. The molecule has 0 radical (unpaired) electrons. The topological polar surface area (TPSA) is 93.4 Å². The van der Waals surface area contributed by atoms with E-state index in [1.165, 1.54) is 5.56 Å². The lowest BCUT2D eigenvalue weighted by Crippen LogP contribution is -2.39. The van der Waals surface area contributed by atoms with Crippen molar-refractivity contribution in [2.75, 3.05) is 19.8 Å². The summed E-state index contributed by atoms with van der Waals surface area (Å²) in [5, 5.41) is 16.8. The fourth-order valence-electron chi connectivity index (χ4n) is 4.79. The lowest BCUT2D eigenvalue weighted by atomic mass is 9.81. The Bertz CT molecular complexity index is 670. The molecule has 1 aromatic heterocycles. The minimum Gasteiger partial charge on any atom is -0.481 e. The van der Waals surface area contributed by atoms with Gasteiger partial charge in [-0.05, 0) is 44.1 Å². The number of aromatic nitrogens is 2. The minimum atomic E-state index is -0.736. The Morgan fingerprint density at radius 1 is 1.32 bits per heavy atom. The van der Waals surface area contributed by atoms with E-state index >= 15 is 0 Å². The highest BCUT2D eigenvalue weighted by Crippen LogP contribution is 2.61. The second-order valence-electron chi connectivity index (χ2n) is 7.90. The van der Waals surface area contributed by atoms with Crippen molar-refractivity contribution in [1.29, 1.82) is 0 Å². The third-order valence-corrected chi connectivity index (χ3v) is 6.46. The third kappa shape index (κ3) is 2.84. The zero-order valence-electron chi connectivity index (χ0n) is 14.4. The SMILES string of the molecule is O=C(O)C12CCC(C(=O)NCCn3cc(C4CCOC4)cn3)(CC1)C2. The first kappa shape index (κ1) is 16.6. The van der Waals surface area contributed by atoms with E-state index in [9.17, 15) is 14.7 Å². The summed E-state index contributed by atoms with van der Waals surface area (Å²) in [6.07, 6.45) is 8.09. The Labute approximate surface area is 146 Å². The van der Waals surface area contributed by atoms with E-state index in [1.807, 2.05) is 17.1 Å². The first-order valence-electron chi connectivity index (χ1n) is 9.15. The lowest BCUT2D eigenvalue weighted by Gasteiger charge is -2.25. The van der Waals surface area contributed by atoms with Crippen molar-refractivity contribution < 1.29 is 19.4 Å². The summed E-state index contributed by atoms with van der Waals surface area (Å²) in [6, 6.07) is 0. The maximum atomic E-state index is 12.6. The van der Waals surface area contributed by atoms with Gasteiger partial charge in [-0.3, -0.25) is 14.3 Å². The largest absolute Gasteiger partial charge is 0.481 e. The zero-order valence-corrected chi connectivity index (χ0v) is 14.4. The van der Waals surface area contributed by atoms with Gasteiger partial charge in [-0.15, -0.1) is 0 Å². The Morgan fingerprint density at radius 3 is 2.72 bits per heavy atom. The highest BCUT2D eigenvalue weighted by Gasteiger charge is 2.61. The van der Waals surface area contributed by atoms with Crippen LogP contribution in [-0.4, -0.2) is 46.5 Å². The van der Waals surface area contributed by atoms with Gasteiger partial charge in [-0.25, -0.2) is 0 Å². The van der Waals surface area contributed by atoms with Crippen LogP contribution in [0.2, 0.25) is 0 Å². The standard InChI is InChI=1S/C18H25N3O4/c22-15(17-2-4-18(12-17,5-3-17)16(23)24)19-6-7-21-10-14(9-20-21)13-1-8-25-11-13/h9-10,13H,1-8,11-12H2,(H,19,22)(H,23,24). The van der Waals surface area contributed by atoms with Crippen LogP contribution in [0.15, 0.2) is 12.4 Å². The van der Waals surface area contributed by atoms with Crippen molar-refractivity contribution in [1.82, 2.24) is 15.1 Å². The maximum Gasteiger partial charge on any atom is 0.309 e. The molecule has 4 rings (SSSR count). The molecule has 3 aliphatic rings. The number of nitrogens with zero attached hydrogens (tertiary/aromatic N) is 2. The van der Waals surface area contributed by atoms with Gasteiger partial charge in [0, 0.05) is 25.3 Å². The molecule has 3 fully saturated rings. The van der Waals surface area contributed by atoms with Gasteiger partial charge in [-0.1, -0.05) is 0 Å². The average molecular weight is 347 g/mol. The predicted octanol–water partition coefficient (Wildman–Crippen LogP) is 1.54. The lowest BCUT2D eigenvalue weighted by molar-refractivity contribution is -0.148. The van der Waals surface area contributed by atoms with Gasteiger partial charge in [0.15, 0.2) is 0 Å². The van der Waals surface area contributed by atoms with E-state index in [0.29, 0.717) is 51.1 Å². The summed E-state index contributed by atoms with van der Waals surface area (Å²) < 4.78 is 7.26. The molecule has 0 spiro atoms. The van der Waals surface area contributed by atoms with Gasteiger partial charge in [0.25, 0.3) is 0 Å². The zero-order chi connectivity index (χ0) is 17.5. The molecule has 1 aliphatic heterocycles. The molecule has 1 unspecified atom stereocenters. The Kier molecular flexibility index (Phi) is 4.06. The number of amides is 1. The number of fused-ring (bicyclic) bond motifs is 2. The molecule has 136 valence electrons. The molecule has 2 aliphatic carbocycles. The molecule has 7 nitrogen and oxygen atoms in total. The van der Waals surface area contributed by atoms with Crippen LogP contribution in [0.1, 0.15) is 50.0 Å². The van der Waals surface area contributed by atoms with E-state index in [0.717, 1.165) is 19.6 Å². The molecule has 7 heteroatoms. The minimum absolute atomic E-state index is 0.0182. The number of hydrogen-bond donors (Lipinski definition) is 2. The van der Waals surface area contributed by atoms with Crippen molar-refractivity contribution in [3.05, 3.63) is 18.0 Å². The molecule has 25 heavy (non-hydrogen) atoms. The maximum absolute atomic E-state index is 12.6. The van der Waals surface area contributed by atoms with Gasteiger partial charge < -0.3 is 15.2 Å². The molecular formula is C18H25N3O4. The van der Waals surface area contributed by atoms with Gasteiger partial charge in [0.1, 0.15) is 0 Å². The average Bonchev–Trinajstić information content (AvgIpc) is 3.37. The molecule has 1 atom stereocenters. The first-order chi connectivity index (χ1) is 12.0. The molecule has 0 aromatic carbocycles. The van der Waals surface area contributed by atoms with Crippen LogP contribution in [0.5, 0.6) is 0 Å². The van der Waals surface area contributed by atoms with E-state index in [2.05, 4.69) is 10.4 Å². The van der Waals surface area contributed by atoms with E-state index in [4.69, 9.17) is 4.74 Å². The third-order valence-electron chi connectivity index (χ3n) is 6.46. The summed E-state index contributed by atoms with van der Waals surface area (Å²) in [5.41, 5.74) is 0.0761. The Morgan fingerprint density at radius 2 is 2.08 bits per heavy atom. The van der Waals surface area contributed by atoms with Crippen molar-refractivity contribution in [2.45, 2.75) is 51.0 Å². The van der Waals surface area contributed by atoms with Crippen molar-refractivity contribution >= 4 is 11.9 Å². The van der Waals surface area contributed by atoms with Crippen LogP contribution < -0.4 is 5.32 Å². The Hall–Kier alpha value is -1.89. The molecule has 2 heterocycles. The summed E-state index contributed by atoms with van der Waals surface area (Å²) in [5.74, 6) is -0.285. The van der Waals surface area contributed by atoms with Crippen LogP contribution >= 0.6 is 0 Å². The number of rotatable bonds is 6. The van der Waals surface area contributed by atoms with E-state index in [1.54, 1.807) is 0 Å². The number of ether oxygens (including phenoxy) is 1. The highest BCUT2D eigenvalue weighted by atomic mass is 16.5. The summed E-state index contributed by atoms with van der Waals surface area (Å²) >= 11 is 0. The molecular weight excluding hydrogens is 322 g/mol. The van der Waals surface area contributed by atoms with E-state index < -0.39 is 16.8 Å². The molecule has 1 saturated heterocycles. The quantitative estimate of drug-likeness (QED) is 0.814. The Balaban J connectivity index is 1.29. The van der Waals surface area contributed by atoms with Gasteiger partial charge in [-0.2, -0.15) is 5.10 Å².